The Labute approximate surface area is 146 Å². The molecule has 1 aromatic heterocycles. The molecule has 0 atom stereocenters. The van der Waals surface area contributed by atoms with Gasteiger partial charge in [-0.05, 0) is 42.0 Å². The molecule has 0 unspecified atom stereocenters. The Hall–Kier alpha value is -3.02. The van der Waals surface area contributed by atoms with Crippen molar-refractivity contribution in [1.29, 1.82) is 0 Å². The Morgan fingerprint density at radius 3 is 2.68 bits per heavy atom. The maximum absolute atomic E-state index is 12.0. The van der Waals surface area contributed by atoms with Gasteiger partial charge < -0.3 is 19.4 Å². The maximum atomic E-state index is 12.0. The minimum Gasteiger partial charge on any atom is -0.497 e. The van der Waals surface area contributed by atoms with Crippen LogP contribution in [-0.4, -0.2) is 35.7 Å². The monoisotopic (exact) mass is 339 g/mol. The molecule has 1 amide bonds. The minimum absolute atomic E-state index is 0.0337. The average Bonchev–Trinajstić information content (AvgIpc) is 3.00. The number of carbonyl (C=O) groups excluding carboxylic acids is 1. The van der Waals surface area contributed by atoms with Crippen LogP contribution in [0, 0.1) is 0 Å². The van der Waals surface area contributed by atoms with Gasteiger partial charge in [-0.25, -0.2) is 4.98 Å². The van der Waals surface area contributed by atoms with Gasteiger partial charge in [0.25, 0.3) is 0 Å². The van der Waals surface area contributed by atoms with Crippen molar-refractivity contribution in [2.75, 3.05) is 20.3 Å². The van der Waals surface area contributed by atoms with Crippen LogP contribution >= 0.6 is 0 Å². The first-order chi connectivity index (χ1) is 12.2. The molecule has 6 nitrogen and oxygen atoms in total. The van der Waals surface area contributed by atoms with E-state index in [9.17, 15) is 4.79 Å². The van der Waals surface area contributed by atoms with Crippen LogP contribution in [0.25, 0.3) is 11.0 Å². The van der Waals surface area contributed by atoms with Gasteiger partial charge in [0.15, 0.2) is 0 Å². The molecule has 0 aliphatic heterocycles. The number of fused-ring (bicyclic) bond motifs is 1. The highest BCUT2D eigenvalue weighted by Gasteiger charge is 2.06. The molecule has 1 heterocycles. The molecule has 3 aromatic rings. The zero-order valence-corrected chi connectivity index (χ0v) is 14.4. The summed E-state index contributed by atoms with van der Waals surface area (Å²) in [5.74, 6) is 1.50. The number of hydrogen-bond donors (Lipinski definition) is 1. The predicted octanol–water partition coefficient (Wildman–Crippen LogP) is 2.32. The highest BCUT2D eigenvalue weighted by Crippen LogP contribution is 2.17. The van der Waals surface area contributed by atoms with Crippen LogP contribution in [0.4, 0.5) is 0 Å². The molecule has 0 aliphatic carbocycles. The van der Waals surface area contributed by atoms with E-state index >= 15 is 0 Å². The van der Waals surface area contributed by atoms with Gasteiger partial charge in [-0.2, -0.15) is 0 Å². The molecule has 0 spiro atoms. The number of methoxy groups -OCH3 is 1. The third-order valence-electron chi connectivity index (χ3n) is 3.91. The SMILES string of the molecule is COc1ccc(OCCNC(=O)Cc2ccc3c(c2)ncn3C)cc1. The summed E-state index contributed by atoms with van der Waals surface area (Å²) in [4.78, 5) is 16.3. The normalized spacial score (nSPS) is 10.6. The van der Waals surface area contributed by atoms with Gasteiger partial charge in [-0.15, -0.1) is 0 Å². The van der Waals surface area contributed by atoms with Crippen molar-refractivity contribution < 1.29 is 14.3 Å². The molecule has 2 aromatic carbocycles. The third kappa shape index (κ3) is 4.29. The number of aryl methyl sites for hydroxylation is 1. The number of carbonyl (C=O) groups is 1. The molecule has 130 valence electrons. The number of rotatable bonds is 7. The van der Waals surface area contributed by atoms with Gasteiger partial charge in [0.2, 0.25) is 5.91 Å². The Morgan fingerprint density at radius 1 is 1.16 bits per heavy atom. The summed E-state index contributed by atoms with van der Waals surface area (Å²) >= 11 is 0. The minimum atomic E-state index is -0.0337. The van der Waals surface area contributed by atoms with Crippen LogP contribution in [0.2, 0.25) is 0 Å². The van der Waals surface area contributed by atoms with Crippen LogP contribution in [0.5, 0.6) is 11.5 Å². The molecule has 0 fully saturated rings. The fourth-order valence-electron chi connectivity index (χ4n) is 2.57. The van der Waals surface area contributed by atoms with Gasteiger partial charge in [0, 0.05) is 7.05 Å². The summed E-state index contributed by atoms with van der Waals surface area (Å²) in [6.45, 7) is 0.869. The molecular formula is C19H21N3O3. The van der Waals surface area contributed by atoms with Crippen LogP contribution in [0.3, 0.4) is 0 Å². The second-order valence-corrected chi connectivity index (χ2v) is 5.73. The van der Waals surface area contributed by atoms with E-state index < -0.39 is 0 Å². The highest BCUT2D eigenvalue weighted by molar-refractivity contribution is 5.81. The molecule has 6 heteroatoms. The van der Waals surface area contributed by atoms with E-state index in [1.807, 2.05) is 54.1 Å². The van der Waals surface area contributed by atoms with Crippen LogP contribution in [-0.2, 0) is 18.3 Å². The number of nitrogens with one attached hydrogen (secondary N) is 1. The topological polar surface area (TPSA) is 65.4 Å². The predicted molar refractivity (Wildman–Crippen MR) is 95.9 cm³/mol. The first-order valence-electron chi connectivity index (χ1n) is 8.09. The standard InChI is InChI=1S/C19H21N3O3/c1-22-13-21-17-11-14(3-8-18(17)22)12-19(23)20-9-10-25-16-6-4-15(24-2)5-7-16/h3-8,11,13H,9-10,12H2,1-2H3,(H,20,23). The van der Waals surface area contributed by atoms with Crippen molar-refractivity contribution in [3.8, 4) is 11.5 Å². The van der Waals surface area contributed by atoms with Crippen molar-refractivity contribution in [3.63, 3.8) is 0 Å². The summed E-state index contributed by atoms with van der Waals surface area (Å²) in [5.41, 5.74) is 2.90. The van der Waals surface area contributed by atoms with Gasteiger partial charge in [0.05, 0.1) is 37.4 Å². The number of aromatic nitrogens is 2. The molecule has 0 saturated heterocycles. The van der Waals surface area contributed by atoms with E-state index in [1.54, 1.807) is 13.4 Å². The fraction of sp³-hybridized carbons (Fsp3) is 0.263. The van der Waals surface area contributed by atoms with Crippen molar-refractivity contribution in [3.05, 3.63) is 54.4 Å². The highest BCUT2D eigenvalue weighted by atomic mass is 16.5. The number of benzene rings is 2. The Balaban J connectivity index is 1.43. The average molecular weight is 339 g/mol. The Bertz CT molecular complexity index is 856. The molecule has 0 radical (unpaired) electrons. The van der Waals surface area contributed by atoms with E-state index in [0.29, 0.717) is 19.6 Å². The molecule has 0 saturated carbocycles. The van der Waals surface area contributed by atoms with Crippen LogP contribution < -0.4 is 14.8 Å². The smallest absolute Gasteiger partial charge is 0.224 e. The van der Waals surface area contributed by atoms with E-state index in [1.165, 1.54) is 0 Å². The molecule has 25 heavy (non-hydrogen) atoms. The van der Waals surface area contributed by atoms with E-state index in [2.05, 4.69) is 10.3 Å². The summed E-state index contributed by atoms with van der Waals surface area (Å²) in [6.07, 6.45) is 2.10. The van der Waals surface area contributed by atoms with Crippen molar-refractivity contribution in [2.24, 2.45) is 7.05 Å². The fourth-order valence-corrected chi connectivity index (χ4v) is 2.57. The summed E-state index contributed by atoms with van der Waals surface area (Å²) < 4.78 is 12.6. The van der Waals surface area contributed by atoms with E-state index in [-0.39, 0.29) is 5.91 Å². The largest absolute Gasteiger partial charge is 0.497 e. The van der Waals surface area contributed by atoms with Crippen LogP contribution in [0.1, 0.15) is 5.56 Å². The first kappa shape index (κ1) is 16.8. The molecular weight excluding hydrogens is 318 g/mol. The van der Waals surface area contributed by atoms with Crippen molar-refractivity contribution in [2.45, 2.75) is 6.42 Å². The zero-order valence-electron chi connectivity index (χ0n) is 14.4. The summed E-state index contributed by atoms with van der Waals surface area (Å²) in [6, 6.07) is 13.2. The molecule has 3 rings (SSSR count). The summed E-state index contributed by atoms with van der Waals surface area (Å²) in [5, 5.41) is 2.86. The zero-order chi connectivity index (χ0) is 17.6. The second-order valence-electron chi connectivity index (χ2n) is 5.73. The van der Waals surface area contributed by atoms with Gasteiger partial charge >= 0.3 is 0 Å². The number of nitrogens with zero attached hydrogens (tertiary/aromatic N) is 2. The lowest BCUT2D eigenvalue weighted by molar-refractivity contribution is -0.120. The second kappa shape index (κ2) is 7.70. The van der Waals surface area contributed by atoms with E-state index in [4.69, 9.17) is 9.47 Å². The number of ether oxygens (including phenoxy) is 2. The van der Waals surface area contributed by atoms with Gasteiger partial charge in [-0.1, -0.05) is 6.07 Å². The number of hydrogen-bond acceptors (Lipinski definition) is 4. The number of amides is 1. The van der Waals surface area contributed by atoms with Gasteiger partial charge in [-0.3, -0.25) is 4.79 Å². The Kier molecular flexibility index (Phi) is 5.18. The third-order valence-corrected chi connectivity index (χ3v) is 3.91. The lowest BCUT2D eigenvalue weighted by atomic mass is 10.1. The Morgan fingerprint density at radius 2 is 1.92 bits per heavy atom. The molecule has 0 aliphatic rings. The van der Waals surface area contributed by atoms with E-state index in [0.717, 1.165) is 28.1 Å². The van der Waals surface area contributed by atoms with Crippen molar-refractivity contribution >= 4 is 16.9 Å². The quantitative estimate of drug-likeness (QED) is 0.671. The molecule has 1 N–H and O–H groups in total. The maximum Gasteiger partial charge on any atom is 0.224 e. The van der Waals surface area contributed by atoms with Crippen LogP contribution in [0.15, 0.2) is 48.8 Å². The lowest BCUT2D eigenvalue weighted by Crippen LogP contribution is -2.29. The first-order valence-corrected chi connectivity index (χ1v) is 8.09. The molecule has 0 bridgehead atoms. The summed E-state index contributed by atoms with van der Waals surface area (Å²) in [7, 11) is 3.57. The van der Waals surface area contributed by atoms with Gasteiger partial charge in [0.1, 0.15) is 18.1 Å². The number of imidazole rings is 1. The van der Waals surface area contributed by atoms with Crippen molar-refractivity contribution in [1.82, 2.24) is 14.9 Å². The lowest BCUT2D eigenvalue weighted by Gasteiger charge is -2.08.